The van der Waals surface area contributed by atoms with Crippen LogP contribution in [0.4, 0.5) is 5.95 Å². The summed E-state index contributed by atoms with van der Waals surface area (Å²) in [5.74, 6) is 0.660. The molecular weight excluding hydrogens is 262 g/mol. The lowest BCUT2D eigenvalue weighted by molar-refractivity contribution is 0.0623. The normalized spacial score (nSPS) is 13.7. The van der Waals surface area contributed by atoms with E-state index in [4.69, 9.17) is 0 Å². The molecule has 1 atom stereocenters. The molecule has 0 saturated heterocycles. The lowest BCUT2D eigenvalue weighted by atomic mass is 10.0. The molecule has 1 aromatic carbocycles. The number of rotatable bonds is 6. The maximum atomic E-state index is 10.4. The van der Waals surface area contributed by atoms with Crippen molar-refractivity contribution in [2.75, 3.05) is 11.4 Å². The molecule has 112 valence electrons. The van der Waals surface area contributed by atoms with Crippen LogP contribution in [0.15, 0.2) is 42.6 Å². The molecule has 0 radical (unpaired) electrons. The second-order valence-electron chi connectivity index (χ2n) is 5.69. The molecule has 0 aliphatic rings. The first-order chi connectivity index (χ1) is 10.00. The monoisotopic (exact) mass is 285 g/mol. The number of nitrogens with zero attached hydrogens (tertiary/aromatic N) is 3. The quantitative estimate of drug-likeness (QED) is 0.886. The highest BCUT2D eigenvalue weighted by molar-refractivity contribution is 5.33. The first kappa shape index (κ1) is 15.4. The van der Waals surface area contributed by atoms with E-state index in [1.165, 1.54) is 5.56 Å². The van der Waals surface area contributed by atoms with Gasteiger partial charge in [0.25, 0.3) is 0 Å². The van der Waals surface area contributed by atoms with Crippen LogP contribution in [0.25, 0.3) is 0 Å². The molecule has 0 aliphatic carbocycles. The van der Waals surface area contributed by atoms with E-state index in [0.717, 1.165) is 5.69 Å². The smallest absolute Gasteiger partial charge is 0.225 e. The third-order valence-electron chi connectivity index (χ3n) is 3.57. The van der Waals surface area contributed by atoms with E-state index in [1.54, 1.807) is 6.20 Å². The minimum absolute atomic E-state index is 0.502. The van der Waals surface area contributed by atoms with Crippen molar-refractivity contribution in [2.24, 2.45) is 0 Å². The summed E-state index contributed by atoms with van der Waals surface area (Å²) < 4.78 is 0. The molecule has 4 nitrogen and oxygen atoms in total. The van der Waals surface area contributed by atoms with Gasteiger partial charge in [-0.3, -0.25) is 0 Å². The van der Waals surface area contributed by atoms with Crippen LogP contribution in [0.3, 0.4) is 0 Å². The number of benzene rings is 1. The molecule has 0 bridgehead atoms. The Labute approximate surface area is 126 Å². The Morgan fingerprint density at radius 1 is 1.19 bits per heavy atom. The van der Waals surface area contributed by atoms with Gasteiger partial charge in [0.15, 0.2) is 0 Å². The van der Waals surface area contributed by atoms with Gasteiger partial charge in [0.05, 0.1) is 5.60 Å². The van der Waals surface area contributed by atoms with Crippen LogP contribution in [0.2, 0.25) is 0 Å². The summed E-state index contributed by atoms with van der Waals surface area (Å²) in [4.78, 5) is 10.9. The van der Waals surface area contributed by atoms with Crippen molar-refractivity contribution in [1.82, 2.24) is 9.97 Å². The molecule has 0 amide bonds. The van der Waals surface area contributed by atoms with Crippen molar-refractivity contribution in [3.8, 4) is 0 Å². The van der Waals surface area contributed by atoms with Gasteiger partial charge in [-0.1, -0.05) is 37.3 Å². The van der Waals surface area contributed by atoms with Crippen molar-refractivity contribution in [2.45, 2.75) is 39.3 Å². The first-order valence-corrected chi connectivity index (χ1v) is 7.31. The van der Waals surface area contributed by atoms with E-state index in [2.05, 4.69) is 22.1 Å². The molecule has 2 aromatic rings. The Kier molecular flexibility index (Phi) is 4.91. The van der Waals surface area contributed by atoms with Crippen molar-refractivity contribution >= 4 is 5.95 Å². The fraction of sp³-hybridized carbons (Fsp3) is 0.412. The maximum Gasteiger partial charge on any atom is 0.225 e. The zero-order valence-corrected chi connectivity index (χ0v) is 13.0. The summed E-state index contributed by atoms with van der Waals surface area (Å²) in [6, 6.07) is 12.1. The van der Waals surface area contributed by atoms with E-state index in [-0.39, 0.29) is 0 Å². The number of hydrogen-bond acceptors (Lipinski definition) is 4. The lowest BCUT2D eigenvalue weighted by Crippen LogP contribution is -2.41. The van der Waals surface area contributed by atoms with Gasteiger partial charge in [0, 0.05) is 25.0 Å². The van der Waals surface area contributed by atoms with Gasteiger partial charge in [0.1, 0.15) is 0 Å². The lowest BCUT2D eigenvalue weighted by Gasteiger charge is -2.31. The van der Waals surface area contributed by atoms with Crippen LogP contribution in [-0.2, 0) is 6.54 Å². The fourth-order valence-electron chi connectivity index (χ4n) is 2.11. The van der Waals surface area contributed by atoms with Gasteiger partial charge >= 0.3 is 0 Å². The molecule has 2 rings (SSSR count). The van der Waals surface area contributed by atoms with Gasteiger partial charge in [0.2, 0.25) is 5.95 Å². The molecular formula is C17H23N3O. The Morgan fingerprint density at radius 3 is 2.52 bits per heavy atom. The minimum Gasteiger partial charge on any atom is -0.388 e. The molecule has 4 heteroatoms. The summed E-state index contributed by atoms with van der Waals surface area (Å²) in [6.07, 6.45) is 2.44. The summed E-state index contributed by atoms with van der Waals surface area (Å²) >= 11 is 0. The second kappa shape index (κ2) is 6.68. The highest BCUT2D eigenvalue weighted by Crippen LogP contribution is 2.18. The van der Waals surface area contributed by atoms with Crippen molar-refractivity contribution in [1.29, 1.82) is 0 Å². The predicted molar refractivity (Wildman–Crippen MR) is 85.2 cm³/mol. The third-order valence-corrected chi connectivity index (χ3v) is 3.57. The van der Waals surface area contributed by atoms with Crippen molar-refractivity contribution in [3.05, 3.63) is 53.9 Å². The summed E-state index contributed by atoms with van der Waals surface area (Å²) in [6.45, 7) is 6.96. The Hall–Kier alpha value is -1.94. The Balaban J connectivity index is 2.26. The molecule has 1 unspecified atom stereocenters. The first-order valence-electron chi connectivity index (χ1n) is 7.31. The average Bonchev–Trinajstić information content (AvgIpc) is 2.47. The summed E-state index contributed by atoms with van der Waals surface area (Å²) in [5, 5.41) is 10.4. The number of anilines is 1. The zero-order valence-electron chi connectivity index (χ0n) is 13.0. The van der Waals surface area contributed by atoms with E-state index in [1.807, 2.05) is 49.9 Å². The van der Waals surface area contributed by atoms with Crippen LogP contribution < -0.4 is 4.90 Å². The van der Waals surface area contributed by atoms with Crippen LogP contribution >= 0.6 is 0 Å². The molecule has 0 aliphatic heterocycles. The molecule has 1 aromatic heterocycles. The van der Waals surface area contributed by atoms with E-state index in [0.29, 0.717) is 25.5 Å². The van der Waals surface area contributed by atoms with Crippen LogP contribution in [-0.4, -0.2) is 27.2 Å². The molecule has 21 heavy (non-hydrogen) atoms. The SMILES string of the molecule is CCC(C)(O)CN(Cc1ccccc1)c1nccc(C)n1. The molecule has 1 N–H and O–H groups in total. The standard InChI is InChI=1S/C17H23N3O/c1-4-17(3,21)13-20(12-15-8-6-5-7-9-15)16-18-11-10-14(2)19-16/h5-11,21H,4,12-13H2,1-3H3. The number of aryl methyl sites for hydroxylation is 1. The minimum atomic E-state index is -0.762. The van der Waals surface area contributed by atoms with Gasteiger partial charge in [-0.15, -0.1) is 0 Å². The number of aliphatic hydroxyl groups is 1. The second-order valence-corrected chi connectivity index (χ2v) is 5.69. The van der Waals surface area contributed by atoms with Gasteiger partial charge in [-0.2, -0.15) is 0 Å². The van der Waals surface area contributed by atoms with Crippen molar-refractivity contribution < 1.29 is 5.11 Å². The Morgan fingerprint density at radius 2 is 1.90 bits per heavy atom. The predicted octanol–water partition coefficient (Wildman–Crippen LogP) is 2.95. The zero-order chi connectivity index (χ0) is 15.3. The molecule has 0 spiro atoms. The largest absolute Gasteiger partial charge is 0.388 e. The van der Waals surface area contributed by atoms with Crippen LogP contribution in [0, 0.1) is 6.92 Å². The maximum absolute atomic E-state index is 10.4. The van der Waals surface area contributed by atoms with E-state index >= 15 is 0 Å². The van der Waals surface area contributed by atoms with Gasteiger partial charge < -0.3 is 10.0 Å². The topological polar surface area (TPSA) is 49.2 Å². The summed E-state index contributed by atoms with van der Waals surface area (Å²) in [7, 11) is 0. The van der Waals surface area contributed by atoms with Gasteiger partial charge in [-0.25, -0.2) is 9.97 Å². The van der Waals surface area contributed by atoms with E-state index in [9.17, 15) is 5.11 Å². The summed E-state index contributed by atoms with van der Waals surface area (Å²) in [5.41, 5.74) is 1.34. The van der Waals surface area contributed by atoms with E-state index < -0.39 is 5.60 Å². The molecule has 0 saturated carbocycles. The van der Waals surface area contributed by atoms with Crippen LogP contribution in [0.5, 0.6) is 0 Å². The molecule has 1 heterocycles. The van der Waals surface area contributed by atoms with Crippen LogP contribution in [0.1, 0.15) is 31.5 Å². The fourth-order valence-corrected chi connectivity index (χ4v) is 2.11. The third kappa shape index (κ3) is 4.53. The number of hydrogen-bond donors (Lipinski definition) is 1. The van der Waals surface area contributed by atoms with Gasteiger partial charge in [-0.05, 0) is 31.9 Å². The van der Waals surface area contributed by atoms with Crippen molar-refractivity contribution in [3.63, 3.8) is 0 Å². The molecule has 0 fully saturated rings. The Bertz CT molecular complexity index is 569. The number of aromatic nitrogens is 2. The highest BCUT2D eigenvalue weighted by atomic mass is 16.3. The average molecular weight is 285 g/mol. The highest BCUT2D eigenvalue weighted by Gasteiger charge is 2.23.